The zero-order valence-electron chi connectivity index (χ0n) is 10.1. The standard InChI is InChI=1S/C13H16ClN3/c1-15-8-7-13-16-9-12(17(13)2)10-5-3-4-6-11(10)14/h3-6,9,15H,7-8H2,1-2H3. The minimum Gasteiger partial charge on any atom is -0.331 e. The Morgan fingerprint density at radius 3 is 2.82 bits per heavy atom. The average Bonchev–Trinajstić information content (AvgIpc) is 2.69. The number of hydrogen-bond acceptors (Lipinski definition) is 2. The van der Waals surface area contributed by atoms with Gasteiger partial charge >= 0.3 is 0 Å². The van der Waals surface area contributed by atoms with E-state index in [0.717, 1.165) is 35.1 Å². The summed E-state index contributed by atoms with van der Waals surface area (Å²) in [5.41, 5.74) is 2.08. The fourth-order valence-electron chi connectivity index (χ4n) is 1.84. The van der Waals surface area contributed by atoms with E-state index in [2.05, 4.69) is 14.9 Å². The molecule has 0 bridgehead atoms. The van der Waals surface area contributed by atoms with Crippen LogP contribution in [0.3, 0.4) is 0 Å². The quantitative estimate of drug-likeness (QED) is 0.902. The third-order valence-corrected chi connectivity index (χ3v) is 3.16. The molecule has 1 aromatic heterocycles. The second-order valence-electron chi connectivity index (χ2n) is 3.95. The lowest BCUT2D eigenvalue weighted by Crippen LogP contribution is -2.13. The molecule has 1 heterocycles. The minimum absolute atomic E-state index is 0.760. The molecule has 3 nitrogen and oxygen atoms in total. The third-order valence-electron chi connectivity index (χ3n) is 2.83. The normalized spacial score (nSPS) is 10.8. The van der Waals surface area contributed by atoms with Crippen LogP contribution in [0.1, 0.15) is 5.82 Å². The highest BCUT2D eigenvalue weighted by Crippen LogP contribution is 2.27. The maximum Gasteiger partial charge on any atom is 0.110 e. The fraction of sp³-hybridized carbons (Fsp3) is 0.308. The topological polar surface area (TPSA) is 29.9 Å². The molecule has 0 saturated carbocycles. The number of hydrogen-bond donors (Lipinski definition) is 1. The van der Waals surface area contributed by atoms with Gasteiger partial charge in [-0.2, -0.15) is 0 Å². The Hall–Kier alpha value is -1.32. The molecule has 17 heavy (non-hydrogen) atoms. The Labute approximate surface area is 106 Å². The second-order valence-corrected chi connectivity index (χ2v) is 4.36. The van der Waals surface area contributed by atoms with Gasteiger partial charge in [0.2, 0.25) is 0 Å². The number of likely N-dealkylation sites (N-methyl/N-ethyl adjacent to an activating group) is 1. The Balaban J connectivity index is 2.34. The van der Waals surface area contributed by atoms with Crippen molar-refractivity contribution in [1.82, 2.24) is 14.9 Å². The van der Waals surface area contributed by atoms with Crippen LogP contribution in [0, 0.1) is 0 Å². The molecule has 0 amide bonds. The lowest BCUT2D eigenvalue weighted by Gasteiger charge is -2.07. The molecule has 0 aliphatic rings. The lowest BCUT2D eigenvalue weighted by atomic mass is 10.2. The molecule has 0 atom stereocenters. The van der Waals surface area contributed by atoms with Crippen LogP contribution in [0.15, 0.2) is 30.5 Å². The summed E-state index contributed by atoms with van der Waals surface area (Å²) < 4.78 is 2.10. The van der Waals surface area contributed by atoms with Crippen molar-refractivity contribution in [2.45, 2.75) is 6.42 Å². The van der Waals surface area contributed by atoms with Crippen LogP contribution in [0.4, 0.5) is 0 Å². The van der Waals surface area contributed by atoms with Gasteiger partial charge in [0.15, 0.2) is 0 Å². The molecule has 2 aromatic rings. The van der Waals surface area contributed by atoms with E-state index in [4.69, 9.17) is 11.6 Å². The molecule has 1 aromatic carbocycles. The van der Waals surface area contributed by atoms with Crippen LogP contribution in [0.25, 0.3) is 11.3 Å². The van der Waals surface area contributed by atoms with E-state index >= 15 is 0 Å². The summed E-state index contributed by atoms with van der Waals surface area (Å²) in [6.07, 6.45) is 2.80. The molecule has 2 rings (SSSR count). The molecule has 0 spiro atoms. The maximum absolute atomic E-state index is 6.19. The summed E-state index contributed by atoms with van der Waals surface area (Å²) in [7, 11) is 3.97. The minimum atomic E-state index is 0.760. The van der Waals surface area contributed by atoms with Crippen LogP contribution in [-0.2, 0) is 13.5 Å². The van der Waals surface area contributed by atoms with E-state index < -0.39 is 0 Å². The second kappa shape index (κ2) is 5.34. The van der Waals surface area contributed by atoms with Gasteiger partial charge in [-0.25, -0.2) is 4.98 Å². The first-order valence-corrected chi connectivity index (χ1v) is 6.02. The number of aromatic nitrogens is 2. The molecular formula is C13H16ClN3. The highest BCUT2D eigenvalue weighted by Gasteiger charge is 2.10. The van der Waals surface area contributed by atoms with Gasteiger partial charge in [-0.05, 0) is 13.1 Å². The van der Waals surface area contributed by atoms with Gasteiger partial charge in [-0.15, -0.1) is 0 Å². The average molecular weight is 250 g/mol. The van der Waals surface area contributed by atoms with E-state index in [-0.39, 0.29) is 0 Å². The number of rotatable bonds is 4. The summed E-state index contributed by atoms with van der Waals surface area (Å²) in [4.78, 5) is 4.44. The molecule has 0 aliphatic heterocycles. The predicted octanol–water partition coefficient (Wildman–Crippen LogP) is 2.50. The van der Waals surface area contributed by atoms with Crippen molar-refractivity contribution in [3.8, 4) is 11.3 Å². The summed E-state index contributed by atoms with van der Waals surface area (Å²) in [5.74, 6) is 1.06. The number of nitrogens with one attached hydrogen (secondary N) is 1. The van der Waals surface area contributed by atoms with Crippen molar-refractivity contribution in [3.63, 3.8) is 0 Å². The highest BCUT2D eigenvalue weighted by molar-refractivity contribution is 6.33. The van der Waals surface area contributed by atoms with Crippen molar-refractivity contribution in [1.29, 1.82) is 0 Å². The van der Waals surface area contributed by atoms with Crippen molar-refractivity contribution in [3.05, 3.63) is 41.3 Å². The van der Waals surface area contributed by atoms with Gasteiger partial charge in [0.1, 0.15) is 5.82 Å². The Kier molecular flexibility index (Phi) is 3.82. The SMILES string of the molecule is CNCCc1ncc(-c2ccccc2Cl)n1C. The first kappa shape index (κ1) is 12.1. The van der Waals surface area contributed by atoms with Crippen LogP contribution in [0.2, 0.25) is 5.02 Å². The molecular weight excluding hydrogens is 234 g/mol. The first-order chi connectivity index (χ1) is 8.24. The van der Waals surface area contributed by atoms with E-state index in [0.29, 0.717) is 0 Å². The van der Waals surface area contributed by atoms with Gasteiger partial charge < -0.3 is 9.88 Å². The number of benzene rings is 1. The highest BCUT2D eigenvalue weighted by atomic mass is 35.5. The van der Waals surface area contributed by atoms with E-state index in [9.17, 15) is 0 Å². The molecule has 1 N–H and O–H groups in total. The van der Waals surface area contributed by atoms with Gasteiger partial charge in [0.05, 0.1) is 11.9 Å². The predicted molar refractivity (Wildman–Crippen MR) is 71.3 cm³/mol. The van der Waals surface area contributed by atoms with Crippen LogP contribution in [0.5, 0.6) is 0 Å². The number of imidazole rings is 1. The van der Waals surface area contributed by atoms with Gasteiger partial charge in [0, 0.05) is 30.6 Å². The summed E-state index contributed by atoms with van der Waals surface area (Å²) in [6.45, 7) is 0.923. The summed E-state index contributed by atoms with van der Waals surface area (Å²) in [5, 5.41) is 3.88. The summed E-state index contributed by atoms with van der Waals surface area (Å²) >= 11 is 6.19. The van der Waals surface area contributed by atoms with E-state index in [1.165, 1.54) is 0 Å². The van der Waals surface area contributed by atoms with Crippen molar-refractivity contribution >= 4 is 11.6 Å². The molecule has 0 saturated heterocycles. The van der Waals surface area contributed by atoms with E-state index in [1.54, 1.807) is 0 Å². The molecule has 0 unspecified atom stereocenters. The number of halogens is 1. The van der Waals surface area contributed by atoms with Crippen LogP contribution < -0.4 is 5.32 Å². The third kappa shape index (κ3) is 2.51. The van der Waals surface area contributed by atoms with Crippen molar-refractivity contribution in [2.75, 3.05) is 13.6 Å². The fourth-order valence-corrected chi connectivity index (χ4v) is 2.07. The van der Waals surface area contributed by atoms with Gasteiger partial charge in [0.25, 0.3) is 0 Å². The molecule has 0 fully saturated rings. The molecule has 0 radical (unpaired) electrons. The Morgan fingerprint density at radius 1 is 1.35 bits per heavy atom. The molecule has 90 valence electrons. The van der Waals surface area contributed by atoms with Gasteiger partial charge in [-0.3, -0.25) is 0 Å². The Morgan fingerprint density at radius 2 is 2.12 bits per heavy atom. The lowest BCUT2D eigenvalue weighted by molar-refractivity contribution is 0.720. The molecule has 0 aliphatic carbocycles. The zero-order valence-corrected chi connectivity index (χ0v) is 10.8. The van der Waals surface area contributed by atoms with Gasteiger partial charge in [-0.1, -0.05) is 29.8 Å². The summed E-state index contributed by atoms with van der Waals surface area (Å²) in [6, 6.07) is 7.84. The number of nitrogens with zero attached hydrogens (tertiary/aromatic N) is 2. The van der Waals surface area contributed by atoms with Crippen molar-refractivity contribution in [2.24, 2.45) is 7.05 Å². The largest absolute Gasteiger partial charge is 0.331 e. The molecule has 4 heteroatoms. The van der Waals surface area contributed by atoms with Crippen molar-refractivity contribution < 1.29 is 0 Å². The van der Waals surface area contributed by atoms with Crippen LogP contribution in [-0.4, -0.2) is 23.1 Å². The first-order valence-electron chi connectivity index (χ1n) is 5.64. The van der Waals surface area contributed by atoms with Crippen LogP contribution >= 0.6 is 11.6 Å². The monoisotopic (exact) mass is 249 g/mol. The maximum atomic E-state index is 6.19. The van der Waals surface area contributed by atoms with E-state index in [1.807, 2.05) is 44.6 Å². The zero-order chi connectivity index (χ0) is 12.3. The Bertz CT molecular complexity index is 505. The smallest absolute Gasteiger partial charge is 0.110 e.